The third-order valence-corrected chi connectivity index (χ3v) is 4.57. The Hall–Kier alpha value is -2.76. The lowest BCUT2D eigenvalue weighted by Crippen LogP contribution is -2.39. The summed E-state index contributed by atoms with van der Waals surface area (Å²) in [5.41, 5.74) is 2.52. The lowest BCUT2D eigenvalue weighted by molar-refractivity contribution is -0.130. The van der Waals surface area contributed by atoms with Gasteiger partial charge in [-0.25, -0.2) is 4.79 Å². The van der Waals surface area contributed by atoms with Gasteiger partial charge in [-0.15, -0.1) is 0 Å². The largest absolute Gasteiger partial charge is 0.478 e. The molecule has 0 unspecified atom stereocenters. The van der Waals surface area contributed by atoms with E-state index in [2.05, 4.69) is 9.97 Å². The van der Waals surface area contributed by atoms with E-state index in [1.807, 2.05) is 11.0 Å². The predicted molar refractivity (Wildman–Crippen MR) is 93.1 cm³/mol. The number of likely N-dealkylation sites (tertiary alicyclic amines) is 1. The average Bonchev–Trinajstić information content (AvgIpc) is 2.62. The molecule has 0 saturated carbocycles. The highest BCUT2D eigenvalue weighted by molar-refractivity contribution is 5.89. The van der Waals surface area contributed by atoms with Crippen LogP contribution in [0.2, 0.25) is 0 Å². The molecule has 1 fully saturated rings. The van der Waals surface area contributed by atoms with Crippen molar-refractivity contribution in [1.82, 2.24) is 14.9 Å². The van der Waals surface area contributed by atoms with Crippen LogP contribution in [0.4, 0.5) is 0 Å². The number of aromatic nitrogens is 2. The minimum absolute atomic E-state index is 0.129. The molecule has 3 rings (SSSR count). The van der Waals surface area contributed by atoms with Crippen molar-refractivity contribution in [2.45, 2.75) is 26.2 Å². The zero-order chi connectivity index (χ0) is 17.8. The molecular formula is C19H21N3O3. The van der Waals surface area contributed by atoms with Crippen LogP contribution in [0, 0.1) is 5.92 Å². The van der Waals surface area contributed by atoms with Gasteiger partial charge < -0.3 is 10.0 Å². The van der Waals surface area contributed by atoms with E-state index in [9.17, 15) is 9.59 Å². The molecule has 0 radical (unpaired) electrons. The number of piperidine rings is 1. The highest BCUT2D eigenvalue weighted by atomic mass is 16.4. The first kappa shape index (κ1) is 17.1. The first-order valence-corrected chi connectivity index (χ1v) is 8.43. The van der Waals surface area contributed by atoms with Crippen LogP contribution in [0.3, 0.4) is 0 Å². The maximum Gasteiger partial charge on any atom is 0.335 e. The Morgan fingerprint density at radius 3 is 2.80 bits per heavy atom. The maximum atomic E-state index is 11.5. The number of carboxylic acid groups (broad SMARTS) is 1. The summed E-state index contributed by atoms with van der Waals surface area (Å²) in [5.74, 6) is -0.420. The van der Waals surface area contributed by atoms with Crippen molar-refractivity contribution in [3.05, 3.63) is 47.9 Å². The van der Waals surface area contributed by atoms with Gasteiger partial charge in [-0.05, 0) is 37.3 Å². The predicted octanol–water partition coefficient (Wildman–Crippen LogP) is 2.64. The Bertz CT molecular complexity index is 774. The van der Waals surface area contributed by atoms with Crippen LogP contribution in [0.25, 0.3) is 11.3 Å². The standard InChI is InChI=1S/C19H21N3O3/c1-13(23)22-7-3-4-14(12-22)8-17-10-21-18(11-20-17)15-5-2-6-16(9-15)19(24)25/h2,5-6,9-11,14H,3-4,7-8,12H2,1H3,(H,24,25)/t14-/m1/s1. The topological polar surface area (TPSA) is 83.4 Å². The van der Waals surface area contributed by atoms with Crippen molar-refractivity contribution in [1.29, 1.82) is 0 Å². The Morgan fingerprint density at radius 1 is 1.28 bits per heavy atom. The van der Waals surface area contributed by atoms with Crippen LogP contribution in [-0.2, 0) is 11.2 Å². The van der Waals surface area contributed by atoms with Crippen LogP contribution in [0.1, 0.15) is 35.8 Å². The molecule has 130 valence electrons. The summed E-state index contributed by atoms with van der Waals surface area (Å²) in [7, 11) is 0. The average molecular weight is 339 g/mol. The minimum atomic E-state index is -0.959. The van der Waals surface area contributed by atoms with E-state index < -0.39 is 5.97 Å². The normalized spacial score (nSPS) is 17.3. The van der Waals surface area contributed by atoms with Gasteiger partial charge in [0, 0.05) is 31.8 Å². The van der Waals surface area contributed by atoms with Gasteiger partial charge in [-0.2, -0.15) is 0 Å². The lowest BCUT2D eigenvalue weighted by Gasteiger charge is -2.31. The second-order valence-electron chi connectivity index (χ2n) is 6.46. The van der Waals surface area contributed by atoms with E-state index in [-0.39, 0.29) is 11.5 Å². The van der Waals surface area contributed by atoms with Gasteiger partial charge in [0.1, 0.15) is 0 Å². The van der Waals surface area contributed by atoms with Crippen LogP contribution < -0.4 is 0 Å². The lowest BCUT2D eigenvalue weighted by atomic mass is 9.93. The Kier molecular flexibility index (Phi) is 5.07. The van der Waals surface area contributed by atoms with Crippen LogP contribution in [0.15, 0.2) is 36.7 Å². The summed E-state index contributed by atoms with van der Waals surface area (Å²) >= 11 is 0. The third kappa shape index (κ3) is 4.21. The number of carboxylic acids is 1. The van der Waals surface area contributed by atoms with Crippen LogP contribution in [-0.4, -0.2) is 44.9 Å². The molecule has 1 N–H and O–H groups in total. The summed E-state index contributed by atoms with van der Waals surface area (Å²) in [6.45, 7) is 3.23. The number of rotatable bonds is 4. The molecule has 1 atom stereocenters. The smallest absolute Gasteiger partial charge is 0.335 e. The highest BCUT2D eigenvalue weighted by Gasteiger charge is 2.22. The maximum absolute atomic E-state index is 11.5. The molecule has 0 spiro atoms. The van der Waals surface area contributed by atoms with E-state index in [4.69, 9.17) is 5.11 Å². The number of carbonyl (C=O) groups excluding carboxylic acids is 1. The first-order valence-electron chi connectivity index (χ1n) is 8.43. The molecule has 1 aromatic heterocycles. The molecule has 6 heteroatoms. The molecule has 0 aliphatic carbocycles. The summed E-state index contributed by atoms with van der Waals surface area (Å²) in [6, 6.07) is 6.67. The van der Waals surface area contributed by atoms with Gasteiger partial charge in [0.25, 0.3) is 0 Å². The van der Waals surface area contributed by atoms with Gasteiger partial charge in [0.05, 0.1) is 23.1 Å². The fourth-order valence-corrected chi connectivity index (χ4v) is 3.23. The van der Waals surface area contributed by atoms with Crippen LogP contribution >= 0.6 is 0 Å². The van der Waals surface area contributed by atoms with Crippen molar-refractivity contribution in [2.75, 3.05) is 13.1 Å². The Morgan fingerprint density at radius 2 is 2.12 bits per heavy atom. The van der Waals surface area contributed by atoms with Crippen LogP contribution in [0.5, 0.6) is 0 Å². The number of hydrogen-bond donors (Lipinski definition) is 1. The Labute approximate surface area is 146 Å². The fourth-order valence-electron chi connectivity index (χ4n) is 3.23. The fraction of sp³-hybridized carbons (Fsp3) is 0.368. The quantitative estimate of drug-likeness (QED) is 0.926. The van der Waals surface area contributed by atoms with Crippen molar-refractivity contribution >= 4 is 11.9 Å². The zero-order valence-corrected chi connectivity index (χ0v) is 14.2. The highest BCUT2D eigenvalue weighted by Crippen LogP contribution is 2.21. The first-order chi connectivity index (χ1) is 12.0. The zero-order valence-electron chi connectivity index (χ0n) is 14.2. The molecule has 1 amide bonds. The molecule has 1 aromatic carbocycles. The summed E-state index contributed by atoms with van der Waals surface area (Å²) in [6.07, 6.45) is 6.34. The van der Waals surface area contributed by atoms with Gasteiger partial charge in [-0.1, -0.05) is 12.1 Å². The monoisotopic (exact) mass is 339 g/mol. The number of benzene rings is 1. The van der Waals surface area contributed by atoms with Crippen molar-refractivity contribution in [2.24, 2.45) is 5.92 Å². The van der Waals surface area contributed by atoms with E-state index in [1.54, 1.807) is 37.5 Å². The number of hydrogen-bond acceptors (Lipinski definition) is 4. The van der Waals surface area contributed by atoms with Gasteiger partial charge in [0.15, 0.2) is 0 Å². The Balaban J connectivity index is 1.69. The van der Waals surface area contributed by atoms with Gasteiger partial charge >= 0.3 is 5.97 Å². The minimum Gasteiger partial charge on any atom is -0.478 e. The molecule has 6 nitrogen and oxygen atoms in total. The second kappa shape index (κ2) is 7.42. The van der Waals surface area contributed by atoms with Gasteiger partial charge in [-0.3, -0.25) is 14.8 Å². The SMILES string of the molecule is CC(=O)N1CCC[C@H](Cc2cnc(-c3cccc(C(=O)O)c3)cn2)C1. The third-order valence-electron chi connectivity index (χ3n) is 4.57. The molecule has 2 aromatic rings. The molecule has 25 heavy (non-hydrogen) atoms. The molecule has 2 heterocycles. The van der Waals surface area contributed by atoms with E-state index in [0.717, 1.165) is 43.6 Å². The molecule has 1 saturated heterocycles. The van der Waals surface area contributed by atoms with Crippen molar-refractivity contribution in [3.8, 4) is 11.3 Å². The van der Waals surface area contributed by atoms with Crippen molar-refractivity contribution < 1.29 is 14.7 Å². The molecule has 0 bridgehead atoms. The summed E-state index contributed by atoms with van der Waals surface area (Å²) in [4.78, 5) is 33.4. The summed E-state index contributed by atoms with van der Waals surface area (Å²) in [5, 5.41) is 9.08. The van der Waals surface area contributed by atoms with E-state index in [0.29, 0.717) is 11.6 Å². The molecular weight excluding hydrogens is 318 g/mol. The van der Waals surface area contributed by atoms with Gasteiger partial charge in [0.2, 0.25) is 5.91 Å². The van der Waals surface area contributed by atoms with E-state index in [1.165, 1.54) is 0 Å². The number of aromatic carboxylic acids is 1. The summed E-state index contributed by atoms with van der Waals surface area (Å²) < 4.78 is 0. The number of nitrogens with zero attached hydrogens (tertiary/aromatic N) is 3. The molecule has 1 aliphatic heterocycles. The van der Waals surface area contributed by atoms with Crippen molar-refractivity contribution in [3.63, 3.8) is 0 Å². The number of amides is 1. The van der Waals surface area contributed by atoms with E-state index >= 15 is 0 Å². The second-order valence-corrected chi connectivity index (χ2v) is 6.46. The molecule has 1 aliphatic rings. The number of carbonyl (C=O) groups is 2.